The Labute approximate surface area is 61.1 Å². The minimum absolute atomic E-state index is 0.124. The number of piperidine rings is 1. The number of hydrogen-bond donors (Lipinski definition) is 3. The van der Waals surface area contributed by atoms with E-state index in [9.17, 15) is 0 Å². The van der Waals surface area contributed by atoms with Gasteiger partial charge in [-0.25, -0.2) is 0 Å². The van der Waals surface area contributed by atoms with Crippen LogP contribution in [0.15, 0.2) is 0 Å². The van der Waals surface area contributed by atoms with Crippen LogP contribution in [0.3, 0.4) is 0 Å². The predicted molar refractivity (Wildman–Crippen MR) is 38.7 cm³/mol. The molecule has 3 nitrogen and oxygen atoms in total. The van der Waals surface area contributed by atoms with Gasteiger partial charge in [-0.15, -0.1) is 0 Å². The van der Waals surface area contributed by atoms with E-state index < -0.39 is 0 Å². The Bertz CT molecular complexity index is 85.6. The summed E-state index contributed by atoms with van der Waals surface area (Å²) in [5.74, 6) is 0.263. The molecule has 1 aliphatic rings. The Morgan fingerprint density at radius 2 is 2.10 bits per heavy atom. The van der Waals surface area contributed by atoms with Gasteiger partial charge in [-0.3, -0.25) is 0 Å². The largest absolute Gasteiger partial charge is 0.396 e. The van der Waals surface area contributed by atoms with Gasteiger partial charge in [0.05, 0.1) is 6.61 Å². The first-order chi connectivity index (χ1) is 4.88. The van der Waals surface area contributed by atoms with Gasteiger partial charge >= 0.3 is 0 Å². The standard InChI is InChI=1S/C7H15NO2/c9-4-6-2-1-3-8-7(6)5-10/h6-10H,1-5H2. The van der Waals surface area contributed by atoms with E-state index in [4.69, 9.17) is 10.2 Å². The first-order valence-corrected chi connectivity index (χ1v) is 3.83. The first kappa shape index (κ1) is 7.98. The van der Waals surface area contributed by atoms with E-state index in [0.29, 0.717) is 0 Å². The van der Waals surface area contributed by atoms with Crippen LogP contribution in [-0.2, 0) is 0 Å². The second-order valence-electron chi connectivity index (χ2n) is 2.83. The third-order valence-electron chi connectivity index (χ3n) is 2.16. The molecule has 1 aliphatic heterocycles. The van der Waals surface area contributed by atoms with Crippen LogP contribution in [0.2, 0.25) is 0 Å². The first-order valence-electron chi connectivity index (χ1n) is 3.83. The van der Waals surface area contributed by atoms with Crippen molar-refractivity contribution in [2.75, 3.05) is 19.8 Å². The summed E-state index contributed by atoms with van der Waals surface area (Å²) >= 11 is 0. The average Bonchev–Trinajstić information content (AvgIpc) is 2.04. The van der Waals surface area contributed by atoms with Crippen molar-refractivity contribution >= 4 is 0 Å². The zero-order valence-corrected chi connectivity index (χ0v) is 6.08. The Balaban J connectivity index is 2.34. The molecule has 0 saturated carbocycles. The Morgan fingerprint density at radius 1 is 1.30 bits per heavy atom. The smallest absolute Gasteiger partial charge is 0.0588 e. The van der Waals surface area contributed by atoms with E-state index in [1.54, 1.807) is 0 Å². The maximum absolute atomic E-state index is 8.84. The monoisotopic (exact) mass is 145 g/mol. The zero-order valence-electron chi connectivity index (χ0n) is 6.08. The number of rotatable bonds is 2. The molecule has 0 aromatic rings. The van der Waals surface area contributed by atoms with Gasteiger partial charge in [0, 0.05) is 12.6 Å². The molecule has 0 bridgehead atoms. The van der Waals surface area contributed by atoms with Crippen LogP contribution in [0, 0.1) is 5.92 Å². The lowest BCUT2D eigenvalue weighted by molar-refractivity contribution is 0.116. The molecule has 2 atom stereocenters. The van der Waals surface area contributed by atoms with Crippen LogP contribution in [0.1, 0.15) is 12.8 Å². The molecule has 1 heterocycles. The molecule has 0 radical (unpaired) electrons. The Morgan fingerprint density at radius 3 is 2.60 bits per heavy atom. The van der Waals surface area contributed by atoms with Crippen molar-refractivity contribution in [1.82, 2.24) is 5.32 Å². The number of aliphatic hydroxyl groups is 2. The van der Waals surface area contributed by atoms with E-state index >= 15 is 0 Å². The molecule has 1 saturated heterocycles. The van der Waals surface area contributed by atoms with Crippen molar-refractivity contribution in [2.45, 2.75) is 18.9 Å². The number of nitrogens with one attached hydrogen (secondary N) is 1. The quantitative estimate of drug-likeness (QED) is 0.483. The normalized spacial score (nSPS) is 34.2. The summed E-state index contributed by atoms with van der Waals surface area (Å²) in [6.45, 7) is 1.31. The van der Waals surface area contributed by atoms with Crippen molar-refractivity contribution < 1.29 is 10.2 Å². The van der Waals surface area contributed by atoms with Crippen molar-refractivity contribution in [3.63, 3.8) is 0 Å². The summed E-state index contributed by atoms with van der Waals surface area (Å²) in [7, 11) is 0. The second kappa shape index (κ2) is 3.91. The van der Waals surface area contributed by atoms with E-state index in [0.717, 1.165) is 19.4 Å². The van der Waals surface area contributed by atoms with E-state index in [1.807, 2.05) is 0 Å². The van der Waals surface area contributed by atoms with Crippen molar-refractivity contribution in [2.24, 2.45) is 5.92 Å². The Hall–Kier alpha value is -0.120. The summed E-state index contributed by atoms with van der Waals surface area (Å²) in [6.07, 6.45) is 2.15. The van der Waals surface area contributed by atoms with E-state index in [1.165, 1.54) is 0 Å². The lowest BCUT2D eigenvalue weighted by Gasteiger charge is -2.29. The lowest BCUT2D eigenvalue weighted by Crippen LogP contribution is -2.45. The molecule has 0 aromatic carbocycles. The van der Waals surface area contributed by atoms with Gasteiger partial charge in [-0.2, -0.15) is 0 Å². The minimum atomic E-state index is 0.124. The summed E-state index contributed by atoms with van der Waals surface area (Å²) < 4.78 is 0. The fourth-order valence-corrected chi connectivity index (χ4v) is 1.45. The molecule has 0 aromatic heterocycles. The van der Waals surface area contributed by atoms with Gasteiger partial charge in [0.1, 0.15) is 0 Å². The highest BCUT2D eigenvalue weighted by atomic mass is 16.3. The predicted octanol–water partition coefficient (Wildman–Crippen LogP) is -0.661. The summed E-state index contributed by atoms with van der Waals surface area (Å²) in [6, 6.07) is 0.124. The van der Waals surface area contributed by atoms with Crippen LogP contribution in [-0.4, -0.2) is 36.0 Å². The van der Waals surface area contributed by atoms with Crippen LogP contribution in [0.25, 0.3) is 0 Å². The molecule has 1 fully saturated rings. The molecule has 0 amide bonds. The average molecular weight is 145 g/mol. The van der Waals surface area contributed by atoms with Crippen molar-refractivity contribution in [3.8, 4) is 0 Å². The molecule has 0 aliphatic carbocycles. The van der Waals surface area contributed by atoms with Crippen LogP contribution >= 0.6 is 0 Å². The highest BCUT2D eigenvalue weighted by Crippen LogP contribution is 2.14. The zero-order chi connectivity index (χ0) is 7.40. The van der Waals surface area contributed by atoms with Gasteiger partial charge < -0.3 is 15.5 Å². The minimum Gasteiger partial charge on any atom is -0.396 e. The van der Waals surface area contributed by atoms with Gasteiger partial charge in [-0.05, 0) is 25.3 Å². The third-order valence-corrected chi connectivity index (χ3v) is 2.16. The van der Waals surface area contributed by atoms with Crippen molar-refractivity contribution in [3.05, 3.63) is 0 Å². The topological polar surface area (TPSA) is 52.5 Å². The van der Waals surface area contributed by atoms with Crippen LogP contribution in [0.4, 0.5) is 0 Å². The molecule has 10 heavy (non-hydrogen) atoms. The molecule has 2 unspecified atom stereocenters. The number of hydrogen-bond acceptors (Lipinski definition) is 3. The molecule has 60 valence electrons. The van der Waals surface area contributed by atoms with E-state index in [-0.39, 0.29) is 25.2 Å². The summed E-state index contributed by atoms with van der Waals surface area (Å²) in [5.41, 5.74) is 0. The summed E-state index contributed by atoms with van der Waals surface area (Å²) in [5, 5.41) is 20.8. The number of aliphatic hydroxyl groups excluding tert-OH is 2. The third kappa shape index (κ3) is 1.68. The van der Waals surface area contributed by atoms with Gasteiger partial charge in [-0.1, -0.05) is 0 Å². The maximum atomic E-state index is 8.84. The van der Waals surface area contributed by atoms with E-state index in [2.05, 4.69) is 5.32 Å². The fraction of sp³-hybridized carbons (Fsp3) is 1.00. The molecule has 1 rings (SSSR count). The SMILES string of the molecule is OCC1CCCNC1CO. The molecule has 3 heteroatoms. The summed E-state index contributed by atoms with van der Waals surface area (Å²) in [4.78, 5) is 0. The molecular weight excluding hydrogens is 130 g/mol. The lowest BCUT2D eigenvalue weighted by atomic mass is 9.92. The van der Waals surface area contributed by atoms with Gasteiger partial charge in [0.15, 0.2) is 0 Å². The fourth-order valence-electron chi connectivity index (χ4n) is 1.45. The van der Waals surface area contributed by atoms with Crippen LogP contribution < -0.4 is 5.32 Å². The van der Waals surface area contributed by atoms with Crippen molar-refractivity contribution in [1.29, 1.82) is 0 Å². The second-order valence-corrected chi connectivity index (χ2v) is 2.83. The maximum Gasteiger partial charge on any atom is 0.0588 e. The Kier molecular flexibility index (Phi) is 3.12. The van der Waals surface area contributed by atoms with Crippen LogP contribution in [0.5, 0.6) is 0 Å². The highest BCUT2D eigenvalue weighted by molar-refractivity contribution is 4.79. The molecule has 0 spiro atoms. The highest BCUT2D eigenvalue weighted by Gasteiger charge is 2.22. The van der Waals surface area contributed by atoms with Gasteiger partial charge in [0.25, 0.3) is 0 Å². The van der Waals surface area contributed by atoms with Gasteiger partial charge in [0.2, 0.25) is 0 Å². The molecule has 3 N–H and O–H groups in total. The molecular formula is C7H15NO2.